The van der Waals surface area contributed by atoms with Crippen LogP contribution in [0, 0.1) is 21.4 Å². The lowest BCUT2D eigenvalue weighted by atomic mass is 10.2. The van der Waals surface area contributed by atoms with E-state index in [4.69, 9.17) is 5.26 Å². The maximum absolute atomic E-state index is 12.0. The van der Waals surface area contributed by atoms with Crippen LogP contribution in [0.3, 0.4) is 0 Å². The third kappa shape index (κ3) is 4.53. The Balaban J connectivity index is 2.04. The van der Waals surface area contributed by atoms with E-state index in [2.05, 4.69) is 10.6 Å². The van der Waals surface area contributed by atoms with Crippen LogP contribution >= 0.6 is 0 Å². The lowest BCUT2D eigenvalue weighted by Crippen LogP contribution is -2.27. The monoisotopic (exact) mass is 350 g/mol. The van der Waals surface area contributed by atoms with Gasteiger partial charge < -0.3 is 10.6 Å². The topological polar surface area (TPSA) is 142 Å². The standard InChI is InChI=1S/C14H14N4O5S/c15-7-10(8-16-12-4-5-24(22,23)9-12)14(19)17-11-2-1-3-13(6-11)18(20)21/h1-3,6,8,12,16H,4-5,9H2,(H,17,19)/b10-8-. The number of carbonyl (C=O) groups excluding carboxylic acids is 1. The molecule has 24 heavy (non-hydrogen) atoms. The lowest BCUT2D eigenvalue weighted by Gasteiger charge is -2.08. The first-order valence-corrected chi connectivity index (χ1v) is 8.75. The molecule has 1 heterocycles. The molecule has 1 fully saturated rings. The Labute approximate surface area is 138 Å². The molecule has 1 atom stereocenters. The average Bonchev–Trinajstić information content (AvgIpc) is 2.87. The van der Waals surface area contributed by atoms with Crippen molar-refractivity contribution >= 4 is 27.1 Å². The van der Waals surface area contributed by atoms with Gasteiger partial charge in [-0.05, 0) is 12.5 Å². The highest BCUT2D eigenvalue weighted by Gasteiger charge is 2.27. The predicted octanol–water partition coefficient (Wildman–Crippen LogP) is 0.717. The van der Waals surface area contributed by atoms with E-state index >= 15 is 0 Å². The van der Waals surface area contributed by atoms with Crippen LogP contribution in [0.25, 0.3) is 0 Å². The summed E-state index contributed by atoms with van der Waals surface area (Å²) in [7, 11) is -3.07. The van der Waals surface area contributed by atoms with Gasteiger partial charge in [-0.25, -0.2) is 8.42 Å². The molecule has 9 nitrogen and oxygen atoms in total. The van der Waals surface area contributed by atoms with E-state index in [0.717, 1.165) is 6.20 Å². The molecule has 0 saturated carbocycles. The van der Waals surface area contributed by atoms with Crippen molar-refractivity contribution in [3.05, 3.63) is 46.2 Å². The molecule has 126 valence electrons. The number of nitrogens with zero attached hydrogens (tertiary/aromatic N) is 2. The third-order valence-electron chi connectivity index (χ3n) is 3.38. The fourth-order valence-corrected chi connectivity index (χ4v) is 3.86. The normalized spacial score (nSPS) is 19.3. The largest absolute Gasteiger partial charge is 0.386 e. The van der Waals surface area contributed by atoms with Crippen molar-refractivity contribution in [3.63, 3.8) is 0 Å². The van der Waals surface area contributed by atoms with Gasteiger partial charge in [0.1, 0.15) is 11.6 Å². The maximum atomic E-state index is 12.0. The Bertz CT molecular complexity index is 841. The third-order valence-corrected chi connectivity index (χ3v) is 5.14. The van der Waals surface area contributed by atoms with Crippen LogP contribution in [0.15, 0.2) is 36.0 Å². The highest BCUT2D eigenvalue weighted by Crippen LogP contribution is 2.17. The molecule has 1 aromatic rings. The van der Waals surface area contributed by atoms with Gasteiger partial charge >= 0.3 is 0 Å². The number of rotatable bonds is 5. The Morgan fingerprint density at radius 2 is 2.21 bits per heavy atom. The summed E-state index contributed by atoms with van der Waals surface area (Å²) in [6.07, 6.45) is 1.57. The zero-order chi connectivity index (χ0) is 17.7. The smallest absolute Gasteiger partial charge is 0.271 e. The van der Waals surface area contributed by atoms with Crippen LogP contribution in [0.1, 0.15) is 6.42 Å². The Hall–Kier alpha value is -2.93. The second-order valence-electron chi connectivity index (χ2n) is 5.20. The Kier molecular flexibility index (Phi) is 5.15. The van der Waals surface area contributed by atoms with Gasteiger partial charge in [0.05, 0.1) is 16.4 Å². The van der Waals surface area contributed by atoms with Gasteiger partial charge in [0.25, 0.3) is 11.6 Å². The molecule has 1 unspecified atom stereocenters. The molecular formula is C14H14N4O5S. The second-order valence-corrected chi connectivity index (χ2v) is 7.43. The van der Waals surface area contributed by atoms with E-state index < -0.39 is 20.7 Å². The van der Waals surface area contributed by atoms with E-state index in [1.165, 1.54) is 24.3 Å². The minimum Gasteiger partial charge on any atom is -0.386 e. The molecule has 1 aromatic carbocycles. The fraction of sp³-hybridized carbons (Fsp3) is 0.286. The van der Waals surface area contributed by atoms with Crippen LogP contribution < -0.4 is 10.6 Å². The number of amides is 1. The Morgan fingerprint density at radius 3 is 2.79 bits per heavy atom. The number of non-ortho nitro benzene ring substituents is 1. The van der Waals surface area contributed by atoms with Gasteiger partial charge in [-0.2, -0.15) is 5.26 Å². The summed E-state index contributed by atoms with van der Waals surface area (Å²) in [5, 5.41) is 24.9. The average molecular weight is 350 g/mol. The van der Waals surface area contributed by atoms with Crippen molar-refractivity contribution in [3.8, 4) is 6.07 Å². The van der Waals surface area contributed by atoms with Crippen LogP contribution in [0.5, 0.6) is 0 Å². The molecular weight excluding hydrogens is 336 g/mol. The fourth-order valence-electron chi connectivity index (χ4n) is 2.17. The number of sulfone groups is 1. The first-order valence-electron chi connectivity index (χ1n) is 6.93. The highest BCUT2D eigenvalue weighted by atomic mass is 32.2. The summed E-state index contributed by atoms with van der Waals surface area (Å²) in [5.41, 5.74) is -0.269. The van der Waals surface area contributed by atoms with Crippen molar-refractivity contribution in [2.75, 3.05) is 16.8 Å². The first kappa shape index (κ1) is 17.4. The maximum Gasteiger partial charge on any atom is 0.271 e. The van der Waals surface area contributed by atoms with Crippen molar-refractivity contribution in [1.29, 1.82) is 5.26 Å². The van der Waals surface area contributed by atoms with Crippen molar-refractivity contribution in [2.24, 2.45) is 0 Å². The molecule has 1 saturated heterocycles. The number of carbonyl (C=O) groups is 1. The van der Waals surface area contributed by atoms with Gasteiger partial charge in [0.2, 0.25) is 0 Å². The van der Waals surface area contributed by atoms with Gasteiger partial charge in [-0.1, -0.05) is 6.07 Å². The number of nitrogens with one attached hydrogen (secondary N) is 2. The molecule has 0 aromatic heterocycles. The molecule has 1 aliphatic heterocycles. The molecule has 2 N–H and O–H groups in total. The quantitative estimate of drug-likeness (QED) is 0.345. The number of anilines is 1. The minimum absolute atomic E-state index is 0.0469. The number of benzene rings is 1. The SMILES string of the molecule is N#C/C(=C/NC1CCS(=O)(=O)C1)C(=O)Nc1cccc([N+](=O)[O-])c1. The molecule has 1 amide bonds. The summed E-state index contributed by atoms with van der Waals surface area (Å²) >= 11 is 0. The van der Waals surface area contributed by atoms with Crippen LogP contribution in [0.2, 0.25) is 0 Å². The van der Waals surface area contributed by atoms with Gasteiger partial charge in [0.15, 0.2) is 9.84 Å². The van der Waals surface area contributed by atoms with Gasteiger partial charge in [0, 0.05) is 30.1 Å². The predicted molar refractivity (Wildman–Crippen MR) is 85.6 cm³/mol. The zero-order valence-electron chi connectivity index (χ0n) is 12.4. The number of hydrogen-bond acceptors (Lipinski definition) is 7. The molecule has 0 radical (unpaired) electrons. The number of nitro benzene ring substituents is 1. The summed E-state index contributed by atoms with van der Waals surface area (Å²) in [5.74, 6) is -0.721. The van der Waals surface area contributed by atoms with Gasteiger partial charge in [-0.15, -0.1) is 0 Å². The molecule has 2 rings (SSSR count). The van der Waals surface area contributed by atoms with Crippen LogP contribution in [-0.2, 0) is 14.6 Å². The zero-order valence-corrected chi connectivity index (χ0v) is 13.2. The van der Waals surface area contributed by atoms with Crippen LogP contribution in [0.4, 0.5) is 11.4 Å². The minimum atomic E-state index is -3.07. The molecule has 10 heteroatoms. The van der Waals surface area contributed by atoms with E-state index in [9.17, 15) is 23.3 Å². The number of nitro groups is 1. The van der Waals surface area contributed by atoms with E-state index in [-0.39, 0.29) is 34.5 Å². The number of nitriles is 1. The molecule has 0 bridgehead atoms. The van der Waals surface area contributed by atoms with E-state index in [1.807, 2.05) is 0 Å². The van der Waals surface area contributed by atoms with Crippen molar-refractivity contribution < 1.29 is 18.1 Å². The highest BCUT2D eigenvalue weighted by molar-refractivity contribution is 7.91. The first-order chi connectivity index (χ1) is 11.3. The van der Waals surface area contributed by atoms with E-state index in [0.29, 0.717) is 6.42 Å². The summed E-state index contributed by atoms with van der Waals surface area (Å²) < 4.78 is 22.7. The molecule has 1 aliphatic rings. The van der Waals surface area contributed by atoms with E-state index in [1.54, 1.807) is 6.07 Å². The summed E-state index contributed by atoms with van der Waals surface area (Å²) in [6, 6.07) is 6.67. The summed E-state index contributed by atoms with van der Waals surface area (Å²) in [6.45, 7) is 0. The van der Waals surface area contributed by atoms with Gasteiger partial charge in [-0.3, -0.25) is 14.9 Å². The van der Waals surface area contributed by atoms with Crippen molar-refractivity contribution in [1.82, 2.24) is 5.32 Å². The van der Waals surface area contributed by atoms with Crippen molar-refractivity contribution in [2.45, 2.75) is 12.5 Å². The van der Waals surface area contributed by atoms with Crippen LogP contribution in [-0.4, -0.2) is 36.8 Å². The number of hydrogen-bond donors (Lipinski definition) is 2. The summed E-state index contributed by atoms with van der Waals surface area (Å²) in [4.78, 5) is 22.1. The lowest BCUT2D eigenvalue weighted by molar-refractivity contribution is -0.384. The molecule has 0 spiro atoms. The Morgan fingerprint density at radius 1 is 1.46 bits per heavy atom. The molecule has 0 aliphatic carbocycles. The second kappa shape index (κ2) is 7.10.